The minimum Gasteiger partial charge on any atom is -0.372 e. The van der Waals surface area contributed by atoms with Gasteiger partial charge in [-0.2, -0.15) is 0 Å². The number of hydrogen-bond donors (Lipinski definition) is 1. The van der Waals surface area contributed by atoms with Crippen molar-refractivity contribution in [3.8, 4) is 0 Å². The molecule has 1 fully saturated rings. The molecule has 0 radical (unpaired) electrons. The Morgan fingerprint density at radius 2 is 1.78 bits per heavy atom. The maximum atomic E-state index is 12.5. The highest BCUT2D eigenvalue weighted by Gasteiger charge is 2.17. The Morgan fingerprint density at radius 1 is 1.11 bits per heavy atom. The fraction of sp³-hybridized carbons (Fsp3) is 0.458. The Hall–Kier alpha value is -2.29. The second-order valence-electron chi connectivity index (χ2n) is 8.16. The summed E-state index contributed by atoms with van der Waals surface area (Å²) in [5.41, 5.74) is 5.95. The quantitative estimate of drug-likeness (QED) is 0.813. The van der Waals surface area contributed by atoms with Crippen molar-refractivity contribution in [1.82, 2.24) is 5.32 Å². The van der Waals surface area contributed by atoms with Crippen molar-refractivity contribution in [2.24, 2.45) is 5.92 Å². The Kier molecular flexibility index (Phi) is 6.20. The van der Waals surface area contributed by atoms with Crippen LogP contribution in [0.15, 0.2) is 42.5 Å². The number of rotatable bonds is 5. The summed E-state index contributed by atoms with van der Waals surface area (Å²) < 4.78 is 0. The maximum Gasteiger partial charge on any atom is 0.224 e. The number of piperidine rings is 1. The van der Waals surface area contributed by atoms with E-state index < -0.39 is 0 Å². The molecule has 1 heterocycles. The zero-order valence-corrected chi connectivity index (χ0v) is 17.1. The lowest BCUT2D eigenvalue weighted by Crippen LogP contribution is -2.32. The average Bonchev–Trinajstić information content (AvgIpc) is 2.65. The number of aryl methyl sites for hydroxylation is 2. The van der Waals surface area contributed by atoms with Crippen LogP contribution in [0.4, 0.5) is 5.69 Å². The van der Waals surface area contributed by atoms with Crippen LogP contribution >= 0.6 is 0 Å². The summed E-state index contributed by atoms with van der Waals surface area (Å²) in [7, 11) is 0. The van der Waals surface area contributed by atoms with E-state index in [9.17, 15) is 4.79 Å². The number of nitrogens with one attached hydrogen (secondary N) is 1. The lowest BCUT2D eigenvalue weighted by Gasteiger charge is -2.32. The lowest BCUT2D eigenvalue weighted by atomic mass is 9.98. The summed E-state index contributed by atoms with van der Waals surface area (Å²) >= 11 is 0. The molecule has 2 aromatic rings. The van der Waals surface area contributed by atoms with Gasteiger partial charge in [0.05, 0.1) is 12.5 Å². The fourth-order valence-electron chi connectivity index (χ4n) is 3.83. The Balaban J connectivity index is 1.57. The second kappa shape index (κ2) is 8.60. The molecule has 1 N–H and O–H groups in total. The first-order valence-corrected chi connectivity index (χ1v) is 10.1. The zero-order chi connectivity index (χ0) is 19.4. The minimum absolute atomic E-state index is 0.0127. The van der Waals surface area contributed by atoms with Crippen LogP contribution in [-0.2, 0) is 11.2 Å². The van der Waals surface area contributed by atoms with Crippen LogP contribution in [0.5, 0.6) is 0 Å². The van der Waals surface area contributed by atoms with E-state index in [0.29, 0.717) is 6.42 Å². The molecule has 0 aromatic heterocycles. The number of carbonyl (C=O) groups excluding carboxylic acids is 1. The monoisotopic (exact) mass is 364 g/mol. The van der Waals surface area contributed by atoms with E-state index >= 15 is 0 Å². The molecule has 1 amide bonds. The summed E-state index contributed by atoms with van der Waals surface area (Å²) in [5.74, 6) is 0.913. The average molecular weight is 365 g/mol. The maximum absolute atomic E-state index is 12.5. The van der Waals surface area contributed by atoms with Gasteiger partial charge in [-0.25, -0.2) is 0 Å². The van der Waals surface area contributed by atoms with Gasteiger partial charge >= 0.3 is 0 Å². The molecule has 3 heteroatoms. The van der Waals surface area contributed by atoms with Crippen LogP contribution in [0.1, 0.15) is 55.0 Å². The van der Waals surface area contributed by atoms with Gasteiger partial charge in [-0.15, -0.1) is 0 Å². The van der Waals surface area contributed by atoms with Crippen molar-refractivity contribution in [1.29, 1.82) is 0 Å². The van der Waals surface area contributed by atoms with Gasteiger partial charge in [0.25, 0.3) is 0 Å². The highest BCUT2D eigenvalue weighted by atomic mass is 16.1. The third kappa shape index (κ3) is 5.12. The van der Waals surface area contributed by atoms with E-state index in [1.54, 1.807) is 0 Å². The van der Waals surface area contributed by atoms with Gasteiger partial charge in [0, 0.05) is 18.8 Å². The minimum atomic E-state index is 0.0127. The van der Waals surface area contributed by atoms with Gasteiger partial charge in [-0.05, 0) is 68.4 Å². The Morgan fingerprint density at radius 3 is 2.41 bits per heavy atom. The normalized spacial score (nSPS) is 16.2. The first-order valence-electron chi connectivity index (χ1n) is 10.1. The predicted molar refractivity (Wildman–Crippen MR) is 113 cm³/mol. The number of nitrogens with zero attached hydrogens (tertiary/aromatic N) is 1. The Labute approximate surface area is 163 Å². The van der Waals surface area contributed by atoms with Crippen molar-refractivity contribution in [3.05, 3.63) is 64.7 Å². The molecular weight excluding hydrogens is 332 g/mol. The molecule has 0 saturated carbocycles. The number of amides is 1. The SMILES string of the molecule is Cc1ccc(CC(=O)N[C@H](C)c2ccc(N3CCC(C)CC3)cc2)c(C)c1. The third-order valence-corrected chi connectivity index (χ3v) is 5.77. The first-order chi connectivity index (χ1) is 12.9. The van der Waals surface area contributed by atoms with Crippen LogP contribution < -0.4 is 10.2 Å². The summed E-state index contributed by atoms with van der Waals surface area (Å²) in [4.78, 5) is 14.9. The highest BCUT2D eigenvalue weighted by Crippen LogP contribution is 2.24. The van der Waals surface area contributed by atoms with E-state index in [2.05, 4.69) is 80.4 Å². The van der Waals surface area contributed by atoms with Crippen molar-refractivity contribution >= 4 is 11.6 Å². The van der Waals surface area contributed by atoms with Gasteiger partial charge in [0.1, 0.15) is 0 Å². The standard InChI is InChI=1S/C24H32N2O/c1-17-11-13-26(14-12-17)23-9-7-21(8-10-23)20(4)25-24(27)16-22-6-5-18(2)15-19(22)3/h5-10,15,17,20H,11-14,16H2,1-4H3,(H,25,27)/t20-/m1/s1. The molecule has 1 aliphatic heterocycles. The molecule has 0 aliphatic carbocycles. The predicted octanol–water partition coefficient (Wildman–Crippen LogP) is 4.96. The van der Waals surface area contributed by atoms with Gasteiger partial charge in [0.15, 0.2) is 0 Å². The summed E-state index contributed by atoms with van der Waals surface area (Å²) in [6.45, 7) is 10.8. The topological polar surface area (TPSA) is 32.3 Å². The molecule has 0 bridgehead atoms. The van der Waals surface area contributed by atoms with Gasteiger partial charge in [-0.1, -0.05) is 42.8 Å². The molecule has 27 heavy (non-hydrogen) atoms. The van der Waals surface area contributed by atoms with E-state index in [4.69, 9.17) is 0 Å². The molecule has 0 spiro atoms. The van der Waals surface area contributed by atoms with Crippen LogP contribution in [0.3, 0.4) is 0 Å². The van der Waals surface area contributed by atoms with Crippen molar-refractivity contribution in [3.63, 3.8) is 0 Å². The number of anilines is 1. The molecule has 1 aliphatic rings. The third-order valence-electron chi connectivity index (χ3n) is 5.77. The van der Waals surface area contributed by atoms with E-state index in [-0.39, 0.29) is 11.9 Å². The Bertz CT molecular complexity index is 773. The van der Waals surface area contributed by atoms with Crippen LogP contribution in [0, 0.1) is 19.8 Å². The van der Waals surface area contributed by atoms with Crippen molar-refractivity contribution in [2.75, 3.05) is 18.0 Å². The van der Waals surface area contributed by atoms with Gasteiger partial charge < -0.3 is 10.2 Å². The molecule has 144 valence electrons. The number of benzene rings is 2. The summed E-state index contributed by atoms with van der Waals surface area (Å²) in [6, 6.07) is 15.0. The molecule has 3 rings (SSSR count). The molecule has 2 aromatic carbocycles. The van der Waals surface area contributed by atoms with E-state index in [1.807, 2.05) is 0 Å². The highest BCUT2D eigenvalue weighted by molar-refractivity contribution is 5.79. The van der Waals surface area contributed by atoms with E-state index in [0.717, 1.165) is 30.1 Å². The molecule has 0 unspecified atom stereocenters. The smallest absolute Gasteiger partial charge is 0.224 e. The molecule has 3 nitrogen and oxygen atoms in total. The number of carbonyl (C=O) groups is 1. The molecule has 1 saturated heterocycles. The van der Waals surface area contributed by atoms with Gasteiger partial charge in [0.2, 0.25) is 5.91 Å². The van der Waals surface area contributed by atoms with Gasteiger partial charge in [-0.3, -0.25) is 4.79 Å². The molecular formula is C24H32N2O. The van der Waals surface area contributed by atoms with Crippen LogP contribution in [0.25, 0.3) is 0 Å². The summed E-state index contributed by atoms with van der Waals surface area (Å²) in [5, 5.41) is 3.14. The van der Waals surface area contributed by atoms with Crippen molar-refractivity contribution < 1.29 is 4.79 Å². The van der Waals surface area contributed by atoms with E-state index in [1.165, 1.54) is 29.7 Å². The summed E-state index contributed by atoms with van der Waals surface area (Å²) in [6.07, 6.45) is 2.97. The van der Waals surface area contributed by atoms with Crippen molar-refractivity contribution in [2.45, 2.75) is 53.0 Å². The molecule has 1 atom stereocenters. The lowest BCUT2D eigenvalue weighted by molar-refractivity contribution is -0.121. The van der Waals surface area contributed by atoms with Crippen LogP contribution in [0.2, 0.25) is 0 Å². The van der Waals surface area contributed by atoms with Crippen LogP contribution in [-0.4, -0.2) is 19.0 Å². The second-order valence-corrected chi connectivity index (χ2v) is 8.16. The fourth-order valence-corrected chi connectivity index (χ4v) is 3.83. The zero-order valence-electron chi connectivity index (χ0n) is 17.1. The number of hydrogen-bond acceptors (Lipinski definition) is 2. The largest absolute Gasteiger partial charge is 0.372 e. The first kappa shape index (κ1) is 19.5.